The van der Waals surface area contributed by atoms with Crippen LogP contribution in [0.25, 0.3) is 0 Å². The molecule has 1 saturated heterocycles. The van der Waals surface area contributed by atoms with Crippen molar-refractivity contribution in [1.29, 1.82) is 0 Å². The molecular weight excluding hydrogens is 168 g/mol. The van der Waals surface area contributed by atoms with E-state index in [4.69, 9.17) is 15.7 Å². The summed E-state index contributed by atoms with van der Waals surface area (Å²) >= 11 is 0. The Morgan fingerprint density at radius 3 is 2.77 bits per heavy atom. The van der Waals surface area contributed by atoms with Gasteiger partial charge >= 0.3 is 0 Å². The minimum absolute atomic E-state index is 0.177. The largest absolute Gasteiger partial charge is 0.409 e. The van der Waals surface area contributed by atoms with Gasteiger partial charge in [-0.2, -0.15) is 0 Å². The van der Waals surface area contributed by atoms with E-state index < -0.39 is 0 Å². The van der Waals surface area contributed by atoms with Crippen LogP contribution in [0.1, 0.15) is 38.5 Å². The van der Waals surface area contributed by atoms with Gasteiger partial charge < -0.3 is 15.7 Å². The zero-order chi connectivity index (χ0) is 9.31. The fourth-order valence-electron chi connectivity index (χ4n) is 2.25. The van der Waals surface area contributed by atoms with Crippen molar-refractivity contribution < 1.29 is 9.94 Å². The molecule has 1 aliphatic carbocycles. The van der Waals surface area contributed by atoms with Gasteiger partial charge in [0.25, 0.3) is 0 Å². The van der Waals surface area contributed by atoms with Crippen molar-refractivity contribution in [3.05, 3.63) is 0 Å². The molecule has 0 amide bonds. The van der Waals surface area contributed by atoms with Crippen molar-refractivity contribution in [3.8, 4) is 0 Å². The quantitative estimate of drug-likeness (QED) is 0.293. The number of ether oxygens (including phenoxy) is 1. The highest BCUT2D eigenvalue weighted by Crippen LogP contribution is 2.46. The molecule has 0 aromatic rings. The van der Waals surface area contributed by atoms with Gasteiger partial charge in [0.1, 0.15) is 5.84 Å². The van der Waals surface area contributed by atoms with Crippen LogP contribution in [0.15, 0.2) is 5.16 Å². The van der Waals surface area contributed by atoms with Gasteiger partial charge in [-0.3, -0.25) is 0 Å². The number of rotatable bonds is 2. The van der Waals surface area contributed by atoms with Crippen molar-refractivity contribution in [2.75, 3.05) is 0 Å². The lowest BCUT2D eigenvalue weighted by Crippen LogP contribution is -2.37. The molecule has 1 atom stereocenters. The average molecular weight is 184 g/mol. The standard InChI is InChI=1S/C9H16N2O2/c10-8(11-12)6-7-2-5-9(13-7)3-1-4-9/h7,12H,1-6H2,(H2,10,11). The van der Waals surface area contributed by atoms with Crippen LogP contribution in [0.5, 0.6) is 0 Å². The van der Waals surface area contributed by atoms with Crippen LogP contribution in [0, 0.1) is 0 Å². The summed E-state index contributed by atoms with van der Waals surface area (Å²) in [5.41, 5.74) is 5.60. The Hall–Kier alpha value is -0.770. The second-order valence-corrected chi connectivity index (χ2v) is 4.11. The summed E-state index contributed by atoms with van der Waals surface area (Å²) in [6.07, 6.45) is 6.62. The first-order valence-electron chi connectivity index (χ1n) is 4.88. The van der Waals surface area contributed by atoms with Crippen LogP contribution in [-0.2, 0) is 4.74 Å². The maximum Gasteiger partial charge on any atom is 0.141 e. The number of nitrogens with zero attached hydrogens (tertiary/aromatic N) is 1. The summed E-state index contributed by atoms with van der Waals surface area (Å²) in [7, 11) is 0. The van der Waals surface area contributed by atoms with Crippen molar-refractivity contribution in [3.63, 3.8) is 0 Å². The Morgan fingerprint density at radius 1 is 1.54 bits per heavy atom. The van der Waals surface area contributed by atoms with Crippen molar-refractivity contribution in [2.24, 2.45) is 10.9 Å². The van der Waals surface area contributed by atoms with E-state index in [1.54, 1.807) is 0 Å². The number of hydrogen-bond acceptors (Lipinski definition) is 3. The molecule has 0 bridgehead atoms. The Kier molecular flexibility index (Phi) is 2.15. The average Bonchev–Trinajstić information content (AvgIpc) is 2.48. The van der Waals surface area contributed by atoms with Crippen LogP contribution >= 0.6 is 0 Å². The van der Waals surface area contributed by atoms with Crippen LogP contribution in [-0.4, -0.2) is 22.7 Å². The van der Waals surface area contributed by atoms with Gasteiger partial charge in [-0.25, -0.2) is 0 Å². The summed E-state index contributed by atoms with van der Waals surface area (Å²) in [4.78, 5) is 0. The molecule has 4 nitrogen and oxygen atoms in total. The van der Waals surface area contributed by atoms with E-state index in [-0.39, 0.29) is 17.5 Å². The molecule has 74 valence electrons. The van der Waals surface area contributed by atoms with E-state index in [0.29, 0.717) is 6.42 Å². The highest BCUT2D eigenvalue weighted by molar-refractivity contribution is 5.80. The Bertz CT molecular complexity index is 224. The molecule has 3 N–H and O–H groups in total. The zero-order valence-electron chi connectivity index (χ0n) is 7.70. The first-order valence-corrected chi connectivity index (χ1v) is 4.88. The van der Waals surface area contributed by atoms with E-state index in [9.17, 15) is 0 Å². The molecule has 0 aromatic heterocycles. The lowest BCUT2D eigenvalue weighted by atomic mass is 9.78. The minimum Gasteiger partial charge on any atom is -0.409 e. The van der Waals surface area contributed by atoms with Crippen molar-refractivity contribution in [1.82, 2.24) is 0 Å². The maximum absolute atomic E-state index is 8.40. The third-order valence-corrected chi connectivity index (χ3v) is 3.17. The first-order chi connectivity index (χ1) is 6.24. The van der Waals surface area contributed by atoms with Gasteiger partial charge in [0.05, 0.1) is 11.7 Å². The smallest absolute Gasteiger partial charge is 0.141 e. The van der Waals surface area contributed by atoms with Crippen LogP contribution in [0.2, 0.25) is 0 Å². The van der Waals surface area contributed by atoms with E-state index in [0.717, 1.165) is 12.8 Å². The minimum atomic E-state index is 0.177. The Labute approximate surface area is 77.7 Å². The van der Waals surface area contributed by atoms with Gasteiger partial charge in [-0.1, -0.05) is 5.16 Å². The van der Waals surface area contributed by atoms with Gasteiger partial charge in [0.2, 0.25) is 0 Å². The van der Waals surface area contributed by atoms with Crippen molar-refractivity contribution >= 4 is 5.84 Å². The third-order valence-electron chi connectivity index (χ3n) is 3.17. The number of hydrogen-bond donors (Lipinski definition) is 2. The monoisotopic (exact) mass is 184 g/mol. The summed E-state index contributed by atoms with van der Waals surface area (Å²) in [6, 6.07) is 0. The Morgan fingerprint density at radius 2 is 2.31 bits per heavy atom. The topological polar surface area (TPSA) is 67.8 Å². The van der Waals surface area contributed by atoms with Gasteiger partial charge in [0, 0.05) is 6.42 Å². The summed E-state index contributed by atoms with van der Waals surface area (Å²) in [6.45, 7) is 0. The Balaban J connectivity index is 1.84. The number of oxime groups is 1. The molecule has 13 heavy (non-hydrogen) atoms. The molecule has 2 rings (SSSR count). The lowest BCUT2D eigenvalue weighted by Gasteiger charge is -2.37. The lowest BCUT2D eigenvalue weighted by molar-refractivity contribution is -0.0885. The van der Waals surface area contributed by atoms with Gasteiger partial charge in [0.15, 0.2) is 0 Å². The molecule has 1 saturated carbocycles. The van der Waals surface area contributed by atoms with E-state index in [1.807, 2.05) is 0 Å². The summed E-state index contributed by atoms with van der Waals surface area (Å²) < 4.78 is 5.89. The fourth-order valence-corrected chi connectivity index (χ4v) is 2.25. The SMILES string of the molecule is N/C(CC1CCC2(CCC2)O1)=N/O. The molecule has 1 aliphatic heterocycles. The van der Waals surface area contributed by atoms with Crippen LogP contribution in [0.3, 0.4) is 0 Å². The second-order valence-electron chi connectivity index (χ2n) is 4.11. The van der Waals surface area contributed by atoms with E-state index in [2.05, 4.69) is 5.16 Å². The molecule has 2 aliphatic rings. The highest BCUT2D eigenvalue weighted by atomic mass is 16.5. The van der Waals surface area contributed by atoms with E-state index >= 15 is 0 Å². The molecule has 0 radical (unpaired) electrons. The van der Waals surface area contributed by atoms with Crippen molar-refractivity contribution in [2.45, 2.75) is 50.2 Å². The predicted molar refractivity (Wildman–Crippen MR) is 48.7 cm³/mol. The molecule has 0 aromatic carbocycles. The van der Waals surface area contributed by atoms with Crippen LogP contribution in [0.4, 0.5) is 0 Å². The second kappa shape index (κ2) is 3.18. The number of nitrogens with two attached hydrogens (primary N) is 1. The van der Waals surface area contributed by atoms with E-state index in [1.165, 1.54) is 19.3 Å². The molecule has 4 heteroatoms. The molecule has 1 heterocycles. The number of amidine groups is 1. The van der Waals surface area contributed by atoms with Gasteiger partial charge in [-0.15, -0.1) is 0 Å². The molecule has 1 spiro atoms. The predicted octanol–water partition coefficient (Wildman–Crippen LogP) is 1.22. The summed E-state index contributed by atoms with van der Waals surface area (Å²) in [5.74, 6) is 0.279. The molecular formula is C9H16N2O2. The third kappa shape index (κ3) is 1.63. The first kappa shape index (κ1) is 8.81. The summed E-state index contributed by atoms with van der Waals surface area (Å²) in [5, 5.41) is 11.4. The molecule has 2 fully saturated rings. The molecule has 1 unspecified atom stereocenters. The van der Waals surface area contributed by atoms with Gasteiger partial charge in [-0.05, 0) is 32.1 Å². The van der Waals surface area contributed by atoms with Crippen LogP contribution < -0.4 is 5.73 Å². The maximum atomic E-state index is 8.40. The fraction of sp³-hybridized carbons (Fsp3) is 0.889. The normalized spacial score (nSPS) is 32.0. The zero-order valence-corrected chi connectivity index (χ0v) is 7.70. The highest BCUT2D eigenvalue weighted by Gasteiger charge is 2.44.